The largest absolute Gasteiger partial charge is 0.451 e. The number of hydrogen-bond donors (Lipinski definition) is 1. The van der Waals surface area contributed by atoms with Gasteiger partial charge in [0.05, 0.1) is 6.20 Å². The van der Waals surface area contributed by atoms with Crippen molar-refractivity contribution in [1.82, 2.24) is 14.8 Å². The zero-order valence-electron chi connectivity index (χ0n) is 15.3. The molecular formula is C19H20N4O3S. The molecule has 3 rings (SSSR count). The van der Waals surface area contributed by atoms with Gasteiger partial charge in [0, 0.05) is 29.9 Å². The summed E-state index contributed by atoms with van der Waals surface area (Å²) in [5.74, 6) is -0.611. The van der Waals surface area contributed by atoms with E-state index in [9.17, 15) is 9.59 Å². The number of nitrogens with one attached hydrogen (secondary N) is 1. The topological polar surface area (TPSA) is 86.1 Å². The predicted octanol–water partition coefficient (Wildman–Crippen LogP) is 3.46. The van der Waals surface area contributed by atoms with Gasteiger partial charge in [0.2, 0.25) is 0 Å². The van der Waals surface area contributed by atoms with Crippen LogP contribution in [-0.4, -0.2) is 33.2 Å². The number of anilines is 1. The van der Waals surface area contributed by atoms with Gasteiger partial charge in [-0.2, -0.15) is 5.10 Å². The molecule has 2 heterocycles. The van der Waals surface area contributed by atoms with Crippen LogP contribution < -0.4 is 5.32 Å². The first-order chi connectivity index (χ1) is 12.9. The lowest BCUT2D eigenvalue weighted by molar-refractivity contribution is -0.119. The van der Waals surface area contributed by atoms with E-state index >= 15 is 0 Å². The van der Waals surface area contributed by atoms with E-state index < -0.39 is 11.9 Å². The van der Waals surface area contributed by atoms with Gasteiger partial charge >= 0.3 is 5.97 Å². The van der Waals surface area contributed by atoms with Crippen LogP contribution in [-0.2, 0) is 16.6 Å². The molecule has 1 N–H and O–H groups in total. The molecule has 140 valence electrons. The fourth-order valence-corrected chi connectivity index (χ4v) is 3.15. The van der Waals surface area contributed by atoms with Gasteiger partial charge in [-0.3, -0.25) is 9.48 Å². The molecular weight excluding hydrogens is 364 g/mol. The second-order valence-corrected chi connectivity index (χ2v) is 7.20. The Hall–Kier alpha value is -3.00. The molecule has 7 nitrogen and oxygen atoms in total. The summed E-state index contributed by atoms with van der Waals surface area (Å²) in [5, 5.41) is 9.05. The molecule has 1 aromatic carbocycles. The number of carbonyl (C=O) groups excluding carboxylic acids is 2. The Kier molecular flexibility index (Phi) is 5.66. The van der Waals surface area contributed by atoms with Gasteiger partial charge in [-0.1, -0.05) is 26.0 Å². The van der Waals surface area contributed by atoms with Crippen molar-refractivity contribution in [2.45, 2.75) is 19.8 Å². The minimum absolute atomic E-state index is 0.174. The number of hydrogen-bond acceptors (Lipinski definition) is 6. The Labute approximate surface area is 161 Å². The molecule has 0 radical (unpaired) electrons. The van der Waals surface area contributed by atoms with Gasteiger partial charge in [-0.05, 0) is 23.6 Å². The highest BCUT2D eigenvalue weighted by atomic mass is 32.1. The molecule has 1 amide bonds. The van der Waals surface area contributed by atoms with E-state index in [0.717, 1.165) is 5.56 Å². The van der Waals surface area contributed by atoms with Crippen molar-refractivity contribution in [3.8, 4) is 10.6 Å². The molecule has 0 aliphatic rings. The number of esters is 1. The SMILES string of the molecule is CC(C)c1ccc(NC(=O)COC(=O)c2csc(-c3cnn(C)c3)n2)cc1. The smallest absolute Gasteiger partial charge is 0.358 e. The first-order valence-electron chi connectivity index (χ1n) is 8.44. The number of rotatable bonds is 6. The highest BCUT2D eigenvalue weighted by Gasteiger charge is 2.15. The molecule has 27 heavy (non-hydrogen) atoms. The third kappa shape index (κ3) is 4.79. The van der Waals surface area contributed by atoms with Gasteiger partial charge in [-0.15, -0.1) is 11.3 Å². The van der Waals surface area contributed by atoms with E-state index in [1.165, 1.54) is 16.9 Å². The summed E-state index contributed by atoms with van der Waals surface area (Å²) in [6.07, 6.45) is 3.48. The van der Waals surface area contributed by atoms with Crippen molar-refractivity contribution >= 4 is 28.9 Å². The summed E-state index contributed by atoms with van der Waals surface area (Å²) in [6, 6.07) is 7.58. The zero-order valence-corrected chi connectivity index (χ0v) is 16.1. The number of aromatic nitrogens is 3. The van der Waals surface area contributed by atoms with Crippen molar-refractivity contribution in [2.75, 3.05) is 11.9 Å². The Balaban J connectivity index is 1.52. The molecule has 0 aliphatic heterocycles. The molecule has 3 aromatic rings. The van der Waals surface area contributed by atoms with Crippen LogP contribution in [0.2, 0.25) is 0 Å². The first-order valence-corrected chi connectivity index (χ1v) is 9.32. The standard InChI is InChI=1S/C19H20N4O3S/c1-12(2)13-4-6-15(7-5-13)21-17(24)10-26-19(25)16-11-27-18(22-16)14-8-20-23(3)9-14/h4-9,11-12H,10H2,1-3H3,(H,21,24). The van der Waals surface area contributed by atoms with Crippen LogP contribution in [0.15, 0.2) is 42.0 Å². The number of aryl methyl sites for hydroxylation is 1. The predicted molar refractivity (Wildman–Crippen MR) is 104 cm³/mol. The highest BCUT2D eigenvalue weighted by molar-refractivity contribution is 7.13. The third-order valence-electron chi connectivity index (χ3n) is 3.86. The summed E-state index contributed by atoms with van der Waals surface area (Å²) in [7, 11) is 1.81. The number of carbonyl (C=O) groups is 2. The summed E-state index contributed by atoms with van der Waals surface area (Å²) in [4.78, 5) is 28.3. The van der Waals surface area contributed by atoms with Gasteiger partial charge in [-0.25, -0.2) is 9.78 Å². The van der Waals surface area contributed by atoms with E-state index in [0.29, 0.717) is 16.6 Å². The molecule has 0 fully saturated rings. The summed E-state index contributed by atoms with van der Waals surface area (Å²) in [6.45, 7) is 3.83. The number of amides is 1. The molecule has 0 atom stereocenters. The Bertz CT molecular complexity index is 944. The van der Waals surface area contributed by atoms with Gasteiger partial charge < -0.3 is 10.1 Å². The summed E-state index contributed by atoms with van der Waals surface area (Å²) >= 11 is 1.32. The molecule has 0 spiro atoms. The van der Waals surface area contributed by atoms with Crippen molar-refractivity contribution in [1.29, 1.82) is 0 Å². The first kappa shape index (κ1) is 18.8. The van der Waals surface area contributed by atoms with Crippen LogP contribution in [0.3, 0.4) is 0 Å². The normalized spacial score (nSPS) is 10.8. The maximum absolute atomic E-state index is 12.1. The quantitative estimate of drug-likeness (QED) is 0.658. The van der Waals surface area contributed by atoms with E-state index in [1.54, 1.807) is 23.3 Å². The van der Waals surface area contributed by atoms with Crippen LogP contribution in [0, 0.1) is 0 Å². The zero-order chi connectivity index (χ0) is 19.4. The van der Waals surface area contributed by atoms with Gasteiger partial charge in [0.15, 0.2) is 12.3 Å². The van der Waals surface area contributed by atoms with Crippen molar-refractivity contribution in [2.24, 2.45) is 7.05 Å². The molecule has 0 saturated heterocycles. The molecule has 2 aromatic heterocycles. The third-order valence-corrected chi connectivity index (χ3v) is 4.75. The number of ether oxygens (including phenoxy) is 1. The molecule has 0 aliphatic carbocycles. The van der Waals surface area contributed by atoms with E-state index in [4.69, 9.17) is 4.74 Å². The average molecular weight is 384 g/mol. The summed E-state index contributed by atoms with van der Waals surface area (Å²) in [5.41, 5.74) is 2.84. The maximum Gasteiger partial charge on any atom is 0.358 e. The molecule has 0 saturated carbocycles. The van der Waals surface area contributed by atoms with E-state index in [2.05, 4.69) is 29.2 Å². The van der Waals surface area contributed by atoms with Crippen molar-refractivity contribution in [3.63, 3.8) is 0 Å². The fraction of sp³-hybridized carbons (Fsp3) is 0.263. The molecule has 0 bridgehead atoms. The summed E-state index contributed by atoms with van der Waals surface area (Å²) < 4.78 is 6.71. The minimum atomic E-state index is -0.633. The van der Waals surface area contributed by atoms with Crippen LogP contribution in [0.5, 0.6) is 0 Å². The molecule has 8 heteroatoms. The highest BCUT2D eigenvalue weighted by Crippen LogP contribution is 2.23. The van der Waals surface area contributed by atoms with Gasteiger partial charge in [0.25, 0.3) is 5.91 Å². The average Bonchev–Trinajstić information content (AvgIpc) is 3.29. The van der Waals surface area contributed by atoms with Crippen LogP contribution in [0.4, 0.5) is 5.69 Å². The second kappa shape index (κ2) is 8.13. The van der Waals surface area contributed by atoms with Gasteiger partial charge in [0.1, 0.15) is 5.01 Å². The monoisotopic (exact) mass is 384 g/mol. The lowest BCUT2D eigenvalue weighted by Gasteiger charge is -2.08. The lowest BCUT2D eigenvalue weighted by atomic mass is 10.0. The number of benzene rings is 1. The fourth-order valence-electron chi connectivity index (χ4n) is 2.39. The van der Waals surface area contributed by atoms with Crippen LogP contribution in [0.25, 0.3) is 10.6 Å². The van der Waals surface area contributed by atoms with Crippen LogP contribution >= 0.6 is 11.3 Å². The van der Waals surface area contributed by atoms with Crippen LogP contribution in [0.1, 0.15) is 35.8 Å². The lowest BCUT2D eigenvalue weighted by Crippen LogP contribution is -2.21. The van der Waals surface area contributed by atoms with Crippen molar-refractivity contribution < 1.29 is 14.3 Å². The van der Waals surface area contributed by atoms with Crippen molar-refractivity contribution in [3.05, 3.63) is 53.3 Å². The minimum Gasteiger partial charge on any atom is -0.451 e. The maximum atomic E-state index is 12.1. The number of thiazole rings is 1. The number of nitrogens with zero attached hydrogens (tertiary/aromatic N) is 3. The Morgan fingerprint density at radius 3 is 2.63 bits per heavy atom. The molecule has 0 unspecified atom stereocenters. The second-order valence-electron chi connectivity index (χ2n) is 6.34. The van der Waals surface area contributed by atoms with E-state index in [-0.39, 0.29) is 12.3 Å². The van der Waals surface area contributed by atoms with E-state index in [1.807, 2.05) is 30.5 Å². The Morgan fingerprint density at radius 2 is 2.00 bits per heavy atom. The Morgan fingerprint density at radius 1 is 1.26 bits per heavy atom.